The van der Waals surface area contributed by atoms with Crippen molar-refractivity contribution in [2.24, 2.45) is 5.73 Å². The summed E-state index contributed by atoms with van der Waals surface area (Å²) < 4.78 is 20.0. The minimum Gasteiger partial charge on any atom is -0.793 e. The second-order valence-electron chi connectivity index (χ2n) is 28.7. The fourth-order valence-electron chi connectivity index (χ4n) is 12.7. The first-order chi connectivity index (χ1) is 50.4. The third-order valence-electron chi connectivity index (χ3n) is 18.9. The van der Waals surface area contributed by atoms with Gasteiger partial charge in [0.1, 0.15) is 49.8 Å². The summed E-state index contributed by atoms with van der Waals surface area (Å²) in [6.45, 7) is 11.0. The zero-order valence-electron chi connectivity index (χ0n) is 67.4. The van der Waals surface area contributed by atoms with Crippen LogP contribution in [0.2, 0.25) is 0 Å². The molecule has 21 nitrogen and oxygen atoms in total. The van der Waals surface area contributed by atoms with E-state index in [-0.39, 0.29) is 65.6 Å². The maximum absolute atomic E-state index is 12.9. The molecule has 0 heterocycles. The van der Waals surface area contributed by atoms with Gasteiger partial charge in [0.05, 0.1) is 0 Å². The molecule has 4 aliphatic rings. The molecular formula is C83H137BN6NaO15. The number of likely N-dealkylation sites (N-methyl/N-ethyl adjacent to an activating group) is 2. The summed E-state index contributed by atoms with van der Waals surface area (Å²) in [5.41, 5.74) is 8.83. The summed E-state index contributed by atoms with van der Waals surface area (Å²) in [4.78, 5) is 104. The monoisotopic (exact) mass is 1490 g/mol. The number of rotatable bonds is 34. The van der Waals surface area contributed by atoms with Gasteiger partial charge in [0.2, 0.25) is 5.97 Å². The van der Waals surface area contributed by atoms with Crippen LogP contribution in [0.3, 0.4) is 0 Å². The van der Waals surface area contributed by atoms with E-state index in [0.717, 1.165) is 153 Å². The van der Waals surface area contributed by atoms with Crippen LogP contribution in [-0.2, 0) is 86.8 Å². The number of carboxylic acid groups (broad SMARTS) is 1. The van der Waals surface area contributed by atoms with Gasteiger partial charge in [-0.15, -0.1) is 0 Å². The van der Waals surface area contributed by atoms with Crippen LogP contribution in [-0.4, -0.2) is 178 Å². The van der Waals surface area contributed by atoms with E-state index in [4.69, 9.17) is 19.9 Å². The molecule has 4 fully saturated rings. The number of carbonyl (C=O) groups excluding carboxylic acids is 7. The maximum Gasteiger partial charge on any atom is 1.00 e. The molecule has 0 saturated heterocycles. The van der Waals surface area contributed by atoms with E-state index in [2.05, 4.69) is 96.5 Å². The molecule has 3 aromatic rings. The van der Waals surface area contributed by atoms with Crippen molar-refractivity contribution in [3.8, 4) is 0 Å². The zero-order chi connectivity index (χ0) is 77.8. The van der Waals surface area contributed by atoms with Crippen molar-refractivity contribution in [2.75, 3.05) is 55.4 Å². The average molecular weight is 1490 g/mol. The standard InChI is InChI=1S/C22H36N2O2.C20H31NO2.C15H30N2O2.C14H21NO2.C6H10O.C4H6O4.C2H3BO2.Na/c1-23(2)17-11-10-16-21(24(3)20-14-8-5-9-15-20)22(25)26-18-19-12-6-4-7-13-19;1-2-3-6-15-19(21-18-13-9-5-10-14-18)20(22)23-16-17-11-7-4-8-12-17;1-16(2)12-8-7-11-14(15(18)19)17(3)13-9-5-4-6-10-13;1-2-3-5-10-13(15)14(16)17-11-12-8-6-4-7-9-12;7-6-4-2-1-3-5-6;1-3(5)7-8-4(2)6;1-2(4)5-3;/h4,6-7,12-13,20-21H,5,8-11,14-18H2,1-3H3;4,7-8,11-12,18-19,21H,2-3,5-6,9-10,13-16H2,1H3;13-14H,4-12H2,1-3H3,(H,18,19);4,6-9,13H,2-3,5,10-11,15H2,1H3;1-5H2;1-2H3;1H3;/q;;;;;;-1;+1/t21-;19-;14-;13-;;;;/m1111..../s1. The van der Waals surface area contributed by atoms with E-state index in [9.17, 15) is 43.5 Å². The minimum absolute atomic E-state index is 0. The van der Waals surface area contributed by atoms with Crippen molar-refractivity contribution in [3.63, 3.8) is 0 Å². The summed E-state index contributed by atoms with van der Waals surface area (Å²) in [6, 6.07) is 29.9. The molecular weight excluding hydrogens is 1350 g/mol. The number of nitrogens with one attached hydrogen (secondary N) is 1. The van der Waals surface area contributed by atoms with Crippen LogP contribution < -0.4 is 40.6 Å². The molecule has 4 aliphatic carbocycles. The quantitative estimate of drug-likeness (QED) is 0.0125. The third-order valence-corrected chi connectivity index (χ3v) is 18.9. The van der Waals surface area contributed by atoms with Gasteiger partial charge in [-0.05, 0) is 162 Å². The minimum atomic E-state index is -0.655. The Morgan fingerprint density at radius 3 is 1.18 bits per heavy atom. The number of carbonyl (C=O) groups is 8. The second kappa shape index (κ2) is 65.3. The van der Waals surface area contributed by atoms with Crippen LogP contribution in [0.1, 0.15) is 270 Å². The molecule has 593 valence electrons. The molecule has 7 rings (SSSR count). The second-order valence-corrected chi connectivity index (χ2v) is 28.7. The van der Waals surface area contributed by atoms with Gasteiger partial charge in [0, 0.05) is 51.7 Å². The Balaban J connectivity index is 0.00000128. The van der Waals surface area contributed by atoms with E-state index in [1.54, 1.807) is 0 Å². The van der Waals surface area contributed by atoms with E-state index in [1.807, 2.05) is 98.0 Å². The number of unbranched alkanes of at least 4 members (excludes halogenated alkanes) is 6. The van der Waals surface area contributed by atoms with Crippen molar-refractivity contribution < 1.29 is 102 Å². The summed E-state index contributed by atoms with van der Waals surface area (Å²) in [5, 5.41) is 13.0. The van der Waals surface area contributed by atoms with E-state index in [1.165, 1.54) is 110 Å². The molecule has 0 aromatic heterocycles. The molecule has 0 unspecified atom stereocenters. The van der Waals surface area contributed by atoms with Crippen LogP contribution in [0, 0.1) is 0 Å². The van der Waals surface area contributed by atoms with Gasteiger partial charge in [0.15, 0.2) is 0 Å². The number of aliphatic carboxylic acids is 1. The Labute approximate surface area is 662 Å². The number of hydrogen-bond donors (Lipinski definition) is 3. The Morgan fingerprint density at radius 1 is 0.472 bits per heavy atom. The molecule has 3 radical (unpaired) electrons. The smallest absolute Gasteiger partial charge is 0.793 e. The Kier molecular flexibility index (Phi) is 61.9. The first-order valence-electron chi connectivity index (χ1n) is 39.3. The molecule has 0 aliphatic heterocycles. The number of carboxylic acids is 1. The van der Waals surface area contributed by atoms with Crippen molar-refractivity contribution in [2.45, 2.75) is 315 Å². The number of benzene rings is 3. The van der Waals surface area contributed by atoms with Crippen LogP contribution >= 0.6 is 0 Å². The summed E-state index contributed by atoms with van der Waals surface area (Å²) >= 11 is 0. The number of nitrogens with zero attached hydrogens (tertiary/aromatic N) is 4. The Morgan fingerprint density at radius 2 is 0.821 bits per heavy atom. The third kappa shape index (κ3) is 53.3. The van der Waals surface area contributed by atoms with E-state index >= 15 is 0 Å². The van der Waals surface area contributed by atoms with Crippen LogP contribution in [0.15, 0.2) is 91.0 Å². The fraction of sp³-hybridized carbons (Fsp3) is 0.687. The van der Waals surface area contributed by atoms with Crippen molar-refractivity contribution in [1.29, 1.82) is 0 Å². The van der Waals surface area contributed by atoms with Gasteiger partial charge < -0.3 is 52.9 Å². The van der Waals surface area contributed by atoms with Gasteiger partial charge in [0.25, 0.3) is 0 Å². The van der Waals surface area contributed by atoms with Crippen molar-refractivity contribution in [1.82, 2.24) is 24.9 Å². The van der Waals surface area contributed by atoms with E-state index in [0.29, 0.717) is 50.2 Å². The molecule has 4 atom stereocenters. The van der Waals surface area contributed by atoms with Crippen molar-refractivity contribution >= 4 is 55.6 Å². The van der Waals surface area contributed by atoms with Crippen LogP contribution in [0.5, 0.6) is 0 Å². The molecule has 0 amide bonds. The SMILES string of the molecule is CC(=O)OOC(C)=O.CCCCC[C@@H](N)C(=O)OCc1ccccc1.CCCCC[C@@H](NC1CCCCC1)C(=O)OCc1ccccc1.CN(C)CCCC[C@H](C(=O)O)N(C)C1CCCCC1.CN(C)CCCC[C@H](C(=O)OCc1ccccc1)N(C)C1CCCCC1.O=C1CCCCC1.[B-]OC(C)=O.[Na+]. The largest absolute Gasteiger partial charge is 1.00 e. The molecule has 106 heavy (non-hydrogen) atoms. The van der Waals surface area contributed by atoms with E-state index < -0.39 is 29.9 Å². The number of nitrogens with two attached hydrogens (primary N) is 1. The topological polar surface area (TPSA) is 263 Å². The molecule has 23 heteroatoms. The normalized spacial score (nSPS) is 15.5. The molecule has 4 saturated carbocycles. The van der Waals surface area contributed by atoms with Crippen molar-refractivity contribution in [3.05, 3.63) is 108 Å². The van der Waals surface area contributed by atoms with Gasteiger partial charge in [-0.1, -0.05) is 220 Å². The number of ketones is 1. The zero-order valence-corrected chi connectivity index (χ0v) is 69.4. The maximum atomic E-state index is 12.9. The fourth-order valence-corrected chi connectivity index (χ4v) is 12.7. The van der Waals surface area contributed by atoms with Gasteiger partial charge in [-0.25, -0.2) is 19.4 Å². The van der Waals surface area contributed by atoms with Crippen LogP contribution in [0.4, 0.5) is 0 Å². The molecule has 0 bridgehead atoms. The van der Waals surface area contributed by atoms with Gasteiger partial charge >= 0.3 is 65.4 Å². The summed E-state index contributed by atoms with van der Waals surface area (Å²) in [7, 11) is 16.8. The predicted octanol–water partition coefficient (Wildman–Crippen LogP) is 12.0. The average Bonchev–Trinajstić information content (AvgIpc) is 0.871. The van der Waals surface area contributed by atoms with Crippen LogP contribution in [0.25, 0.3) is 0 Å². The first-order valence-corrected chi connectivity index (χ1v) is 39.3. The number of ether oxygens (including phenoxy) is 3. The Bertz CT molecular complexity index is 2700. The number of Topliss-reactive ketones (excluding diaryl/α,β-unsaturated/α-hetero) is 1. The molecule has 4 N–H and O–H groups in total. The van der Waals surface area contributed by atoms with Gasteiger partial charge in [-0.3, -0.25) is 38.6 Å². The van der Waals surface area contributed by atoms with Gasteiger partial charge in [-0.2, -0.15) is 0 Å². The first kappa shape index (κ1) is 100. The summed E-state index contributed by atoms with van der Waals surface area (Å²) in [6.07, 6.45) is 38.1. The Hall–Kier alpha value is -5.56. The number of hydrogen-bond acceptors (Lipinski definition) is 20. The molecule has 0 spiro atoms. The number of esters is 3. The predicted molar refractivity (Wildman–Crippen MR) is 417 cm³/mol. The summed E-state index contributed by atoms with van der Waals surface area (Å²) in [5.74, 6) is -2.39. The molecule has 3 aromatic carbocycles.